The lowest BCUT2D eigenvalue weighted by atomic mass is 10.1. The summed E-state index contributed by atoms with van der Waals surface area (Å²) in [6.07, 6.45) is 12.6. The molecule has 9 nitrogen and oxygen atoms in total. The van der Waals surface area contributed by atoms with Crippen molar-refractivity contribution in [3.05, 3.63) is 77.9 Å². The smallest absolute Gasteiger partial charge is 0.273 e. The zero-order chi connectivity index (χ0) is 28.7. The Morgan fingerprint density at radius 2 is 1.73 bits per heavy atom. The number of hydrogen-bond acceptors (Lipinski definition) is 7. The van der Waals surface area contributed by atoms with Gasteiger partial charge in [0.05, 0.1) is 39.6 Å². The van der Waals surface area contributed by atoms with E-state index in [4.69, 9.17) is 24.4 Å². The number of methoxy groups -OCH3 is 2. The van der Waals surface area contributed by atoms with Gasteiger partial charge in [0.15, 0.2) is 11.5 Å². The number of nitrogens with one attached hydrogen (secondary N) is 2. The molecule has 2 amide bonds. The number of nitrogens with zero attached hydrogens (tertiary/aromatic N) is 1. The highest BCUT2D eigenvalue weighted by Gasteiger charge is 2.22. The first kappa shape index (κ1) is 30.2. The van der Waals surface area contributed by atoms with Crippen molar-refractivity contribution in [3.63, 3.8) is 0 Å². The third-order valence-corrected chi connectivity index (χ3v) is 6.04. The summed E-state index contributed by atoms with van der Waals surface area (Å²) in [6.45, 7) is 4.27. The van der Waals surface area contributed by atoms with Crippen LogP contribution in [0.1, 0.15) is 35.7 Å². The maximum atomic E-state index is 12.9. The first-order chi connectivity index (χ1) is 19.5. The van der Waals surface area contributed by atoms with Crippen molar-refractivity contribution < 1.29 is 28.5 Å². The van der Waals surface area contributed by atoms with Gasteiger partial charge in [-0.15, -0.1) is 0 Å². The molecule has 0 radical (unpaired) electrons. The SMILES string of the molecule is CCOc1cc(NC(=O)C(=N)/C=C/CC/C=C\C=C\c2ccc(OC)c(OC)c2)ccc1C(=O)N1CCOCC1. The molecule has 40 heavy (non-hydrogen) atoms. The minimum absolute atomic E-state index is 0.134. The van der Waals surface area contributed by atoms with Crippen LogP contribution in [0.2, 0.25) is 0 Å². The summed E-state index contributed by atoms with van der Waals surface area (Å²) in [5.74, 6) is 1.08. The van der Waals surface area contributed by atoms with E-state index < -0.39 is 5.91 Å². The van der Waals surface area contributed by atoms with Gasteiger partial charge in [-0.3, -0.25) is 15.0 Å². The quantitative estimate of drug-likeness (QED) is 0.204. The summed E-state index contributed by atoms with van der Waals surface area (Å²) >= 11 is 0. The van der Waals surface area contributed by atoms with Crippen molar-refractivity contribution in [2.45, 2.75) is 19.8 Å². The lowest BCUT2D eigenvalue weighted by Gasteiger charge is -2.27. The van der Waals surface area contributed by atoms with Crippen LogP contribution in [-0.2, 0) is 9.53 Å². The van der Waals surface area contributed by atoms with Crippen LogP contribution in [0.5, 0.6) is 17.2 Å². The highest BCUT2D eigenvalue weighted by molar-refractivity contribution is 6.45. The Morgan fingerprint density at radius 3 is 2.45 bits per heavy atom. The Bertz CT molecular complexity index is 1260. The minimum atomic E-state index is -0.542. The summed E-state index contributed by atoms with van der Waals surface area (Å²) in [5.41, 5.74) is 1.72. The van der Waals surface area contributed by atoms with Gasteiger partial charge >= 0.3 is 0 Å². The van der Waals surface area contributed by atoms with Crippen LogP contribution < -0.4 is 19.5 Å². The molecule has 1 aliphatic heterocycles. The minimum Gasteiger partial charge on any atom is -0.493 e. The van der Waals surface area contributed by atoms with Crippen LogP contribution in [0.15, 0.2) is 66.8 Å². The molecule has 1 heterocycles. The number of carbonyl (C=O) groups excluding carboxylic acids is 2. The van der Waals surface area contributed by atoms with Crippen molar-refractivity contribution in [3.8, 4) is 17.2 Å². The highest BCUT2D eigenvalue weighted by Crippen LogP contribution is 2.28. The third-order valence-electron chi connectivity index (χ3n) is 6.04. The van der Waals surface area contributed by atoms with Crippen molar-refractivity contribution in [1.82, 2.24) is 4.90 Å². The molecule has 3 rings (SSSR count). The van der Waals surface area contributed by atoms with Gasteiger partial charge < -0.3 is 29.2 Å². The second kappa shape index (κ2) is 15.9. The topological polar surface area (TPSA) is 110 Å². The van der Waals surface area contributed by atoms with Crippen LogP contribution in [0.3, 0.4) is 0 Å². The average Bonchev–Trinajstić information content (AvgIpc) is 2.98. The van der Waals surface area contributed by atoms with Gasteiger partial charge in [-0.25, -0.2) is 0 Å². The standard InChI is InChI=1S/C31H37N3O6/c1-4-40-28-22-24(14-15-25(28)31(36)34-17-19-39-20-18-34)33-30(35)26(32)12-10-8-6-5-7-9-11-23-13-16-27(37-2)29(21-23)38-3/h5,7,9-16,21-22,32H,4,6,8,17-20H2,1-3H3,(H,33,35)/b7-5-,11-9+,12-10+,32-26?. The highest BCUT2D eigenvalue weighted by atomic mass is 16.5. The molecule has 9 heteroatoms. The molecule has 0 unspecified atom stereocenters. The van der Waals surface area contributed by atoms with Gasteiger partial charge in [0, 0.05) is 24.8 Å². The van der Waals surface area contributed by atoms with Crippen LogP contribution in [0, 0.1) is 5.41 Å². The van der Waals surface area contributed by atoms with Gasteiger partial charge in [0.1, 0.15) is 11.5 Å². The third kappa shape index (κ3) is 8.84. The molecule has 0 aromatic heterocycles. The number of ether oxygens (including phenoxy) is 4. The molecule has 1 fully saturated rings. The molecule has 2 aromatic carbocycles. The second-order valence-corrected chi connectivity index (χ2v) is 8.80. The first-order valence-electron chi connectivity index (χ1n) is 13.2. The Balaban J connectivity index is 1.47. The summed E-state index contributed by atoms with van der Waals surface area (Å²) in [5, 5.41) is 10.8. The Labute approximate surface area is 235 Å². The van der Waals surface area contributed by atoms with E-state index in [1.54, 1.807) is 43.4 Å². The van der Waals surface area contributed by atoms with E-state index in [1.165, 1.54) is 6.08 Å². The molecule has 0 atom stereocenters. The van der Waals surface area contributed by atoms with Crippen LogP contribution in [0.25, 0.3) is 6.08 Å². The number of carbonyl (C=O) groups is 2. The summed E-state index contributed by atoms with van der Waals surface area (Å²) in [7, 11) is 3.21. The summed E-state index contributed by atoms with van der Waals surface area (Å²) in [6, 6.07) is 10.6. The summed E-state index contributed by atoms with van der Waals surface area (Å²) in [4.78, 5) is 27.2. The monoisotopic (exact) mass is 547 g/mol. The Morgan fingerprint density at radius 1 is 0.975 bits per heavy atom. The predicted molar refractivity (Wildman–Crippen MR) is 157 cm³/mol. The zero-order valence-electron chi connectivity index (χ0n) is 23.3. The second-order valence-electron chi connectivity index (χ2n) is 8.80. The summed E-state index contributed by atoms with van der Waals surface area (Å²) < 4.78 is 21.6. The molecular formula is C31H37N3O6. The lowest BCUT2D eigenvalue weighted by Crippen LogP contribution is -2.40. The van der Waals surface area contributed by atoms with Crippen molar-refractivity contribution >= 4 is 29.3 Å². The van der Waals surface area contributed by atoms with E-state index in [0.717, 1.165) is 12.0 Å². The van der Waals surface area contributed by atoms with Crippen molar-refractivity contribution in [1.29, 1.82) is 5.41 Å². The number of allylic oxidation sites excluding steroid dienone is 4. The number of unbranched alkanes of at least 4 members (excludes halogenated alkanes) is 1. The largest absolute Gasteiger partial charge is 0.493 e. The number of benzene rings is 2. The van der Waals surface area contributed by atoms with E-state index in [1.807, 2.05) is 49.4 Å². The van der Waals surface area contributed by atoms with Crippen LogP contribution >= 0.6 is 0 Å². The molecule has 1 saturated heterocycles. The average molecular weight is 548 g/mol. The van der Waals surface area contributed by atoms with Crippen molar-refractivity contribution in [2.24, 2.45) is 0 Å². The zero-order valence-corrected chi connectivity index (χ0v) is 23.3. The van der Waals surface area contributed by atoms with Gasteiger partial charge in [0.2, 0.25) is 0 Å². The van der Waals surface area contributed by atoms with Crippen LogP contribution in [0.4, 0.5) is 5.69 Å². The van der Waals surface area contributed by atoms with Gasteiger partial charge in [-0.1, -0.05) is 36.4 Å². The van der Waals surface area contributed by atoms with E-state index in [0.29, 0.717) is 67.8 Å². The molecule has 2 aromatic rings. The van der Waals surface area contributed by atoms with Crippen LogP contribution in [-0.4, -0.2) is 69.6 Å². The van der Waals surface area contributed by atoms with E-state index in [9.17, 15) is 9.59 Å². The fourth-order valence-electron chi connectivity index (χ4n) is 3.95. The van der Waals surface area contributed by atoms with Gasteiger partial charge in [-0.05, 0) is 55.7 Å². The normalized spacial score (nSPS) is 13.6. The fourth-order valence-corrected chi connectivity index (χ4v) is 3.95. The molecule has 1 aliphatic rings. The molecule has 0 aliphatic carbocycles. The number of anilines is 1. The molecule has 0 saturated carbocycles. The number of morpholine rings is 1. The first-order valence-corrected chi connectivity index (χ1v) is 13.2. The maximum Gasteiger partial charge on any atom is 0.273 e. The van der Waals surface area contributed by atoms with E-state index >= 15 is 0 Å². The maximum absolute atomic E-state index is 12.9. The van der Waals surface area contributed by atoms with Crippen molar-refractivity contribution in [2.75, 3.05) is 52.4 Å². The molecular weight excluding hydrogens is 510 g/mol. The molecule has 0 bridgehead atoms. The van der Waals surface area contributed by atoms with E-state index in [-0.39, 0.29) is 11.6 Å². The Hall–Kier alpha value is -4.37. The number of hydrogen-bond donors (Lipinski definition) is 2. The Kier molecular flexibility index (Phi) is 12.0. The number of amides is 2. The number of rotatable bonds is 13. The predicted octanol–water partition coefficient (Wildman–Crippen LogP) is 5.14. The molecule has 0 spiro atoms. The lowest BCUT2D eigenvalue weighted by molar-refractivity contribution is -0.110. The fraction of sp³-hybridized carbons (Fsp3) is 0.323. The van der Waals surface area contributed by atoms with E-state index in [2.05, 4.69) is 5.32 Å². The van der Waals surface area contributed by atoms with Gasteiger partial charge in [0.25, 0.3) is 11.8 Å². The molecule has 212 valence electrons. The van der Waals surface area contributed by atoms with Gasteiger partial charge in [-0.2, -0.15) is 0 Å². The molecule has 2 N–H and O–H groups in total.